The second kappa shape index (κ2) is 4.66. The molecule has 1 aliphatic carbocycles. The average molecular weight is 262 g/mol. The van der Waals surface area contributed by atoms with Crippen LogP contribution in [0.25, 0.3) is 0 Å². The molecule has 2 rings (SSSR count). The zero-order valence-corrected chi connectivity index (χ0v) is 13.0. The van der Waals surface area contributed by atoms with Crippen molar-refractivity contribution in [2.45, 2.75) is 41.5 Å². The Kier molecular flexibility index (Phi) is 3.45. The number of hydrogen-bond donors (Lipinski definition) is 2. The quantitative estimate of drug-likeness (QED) is 0.854. The Morgan fingerprint density at radius 3 is 2.05 bits per heavy atom. The SMILES string of the molecule is CCNc1ncnc(NCC2C(C)(C)C2(C)C)c1C. The Morgan fingerprint density at radius 2 is 1.58 bits per heavy atom. The van der Waals surface area contributed by atoms with E-state index >= 15 is 0 Å². The zero-order chi connectivity index (χ0) is 14.3. The molecule has 4 heteroatoms. The first-order valence-corrected chi connectivity index (χ1v) is 7.11. The lowest BCUT2D eigenvalue weighted by molar-refractivity contribution is 0.457. The first kappa shape index (κ1) is 14.1. The summed E-state index contributed by atoms with van der Waals surface area (Å²) in [6.07, 6.45) is 1.62. The Bertz CT molecular complexity index is 451. The number of rotatable bonds is 5. The Labute approximate surface area is 116 Å². The molecule has 2 N–H and O–H groups in total. The summed E-state index contributed by atoms with van der Waals surface area (Å²) < 4.78 is 0. The normalized spacial score (nSPS) is 20.1. The van der Waals surface area contributed by atoms with Crippen LogP contribution in [-0.2, 0) is 0 Å². The largest absolute Gasteiger partial charge is 0.370 e. The van der Waals surface area contributed by atoms with Crippen LogP contribution in [0.3, 0.4) is 0 Å². The van der Waals surface area contributed by atoms with Gasteiger partial charge in [0.15, 0.2) is 0 Å². The number of aromatic nitrogens is 2. The van der Waals surface area contributed by atoms with Crippen LogP contribution >= 0.6 is 0 Å². The predicted molar refractivity (Wildman–Crippen MR) is 80.5 cm³/mol. The molecule has 1 saturated carbocycles. The molecule has 0 spiro atoms. The molecule has 0 amide bonds. The third kappa shape index (κ3) is 2.28. The number of hydrogen-bond acceptors (Lipinski definition) is 4. The van der Waals surface area contributed by atoms with E-state index in [2.05, 4.69) is 62.1 Å². The molecule has 106 valence electrons. The van der Waals surface area contributed by atoms with E-state index in [9.17, 15) is 0 Å². The fourth-order valence-electron chi connectivity index (χ4n) is 3.02. The van der Waals surface area contributed by atoms with E-state index in [-0.39, 0.29) is 0 Å². The summed E-state index contributed by atoms with van der Waals surface area (Å²) in [6, 6.07) is 0. The van der Waals surface area contributed by atoms with E-state index in [0.29, 0.717) is 16.7 Å². The summed E-state index contributed by atoms with van der Waals surface area (Å²) in [4.78, 5) is 8.62. The second-order valence-electron chi connectivity index (χ2n) is 6.60. The van der Waals surface area contributed by atoms with Gasteiger partial charge >= 0.3 is 0 Å². The lowest BCUT2D eigenvalue weighted by Gasteiger charge is -2.12. The van der Waals surface area contributed by atoms with Crippen molar-refractivity contribution in [1.82, 2.24) is 9.97 Å². The molecule has 0 aliphatic heterocycles. The minimum atomic E-state index is 0.408. The van der Waals surface area contributed by atoms with Gasteiger partial charge in [-0.25, -0.2) is 9.97 Å². The highest BCUT2D eigenvalue weighted by Gasteiger charge is 2.64. The van der Waals surface area contributed by atoms with Crippen molar-refractivity contribution in [2.75, 3.05) is 23.7 Å². The van der Waals surface area contributed by atoms with Crippen molar-refractivity contribution in [2.24, 2.45) is 16.7 Å². The molecule has 1 aliphatic rings. The van der Waals surface area contributed by atoms with Gasteiger partial charge in [-0.3, -0.25) is 0 Å². The fraction of sp³-hybridized carbons (Fsp3) is 0.733. The molecule has 0 atom stereocenters. The van der Waals surface area contributed by atoms with Crippen LogP contribution in [0.15, 0.2) is 6.33 Å². The minimum absolute atomic E-state index is 0.408. The van der Waals surface area contributed by atoms with Crippen LogP contribution in [0.2, 0.25) is 0 Å². The standard InChI is InChI=1S/C15H26N4/c1-7-16-12-10(2)13(19-9-18-12)17-8-11-14(3,4)15(11,5)6/h9,11H,7-8H2,1-6H3,(H2,16,17,18,19). The van der Waals surface area contributed by atoms with Gasteiger partial charge in [-0.15, -0.1) is 0 Å². The topological polar surface area (TPSA) is 49.8 Å². The van der Waals surface area contributed by atoms with Crippen LogP contribution in [-0.4, -0.2) is 23.1 Å². The highest BCUT2D eigenvalue weighted by atomic mass is 15.1. The molecule has 0 aromatic carbocycles. The third-order valence-corrected chi connectivity index (χ3v) is 5.22. The van der Waals surface area contributed by atoms with E-state index in [1.807, 2.05) is 0 Å². The van der Waals surface area contributed by atoms with Gasteiger partial charge in [-0.05, 0) is 30.6 Å². The lowest BCUT2D eigenvalue weighted by Crippen LogP contribution is -2.12. The van der Waals surface area contributed by atoms with Gasteiger partial charge in [0, 0.05) is 18.7 Å². The van der Waals surface area contributed by atoms with Crippen molar-refractivity contribution in [3.63, 3.8) is 0 Å². The van der Waals surface area contributed by atoms with Crippen molar-refractivity contribution < 1.29 is 0 Å². The maximum atomic E-state index is 4.35. The molecule has 1 aromatic heterocycles. The predicted octanol–water partition coefficient (Wildman–Crippen LogP) is 3.31. The summed E-state index contributed by atoms with van der Waals surface area (Å²) in [6.45, 7) is 15.4. The monoisotopic (exact) mass is 262 g/mol. The molecule has 19 heavy (non-hydrogen) atoms. The molecule has 0 bridgehead atoms. The molecule has 0 radical (unpaired) electrons. The maximum absolute atomic E-state index is 4.35. The van der Waals surface area contributed by atoms with E-state index in [1.165, 1.54) is 0 Å². The Morgan fingerprint density at radius 1 is 1.05 bits per heavy atom. The van der Waals surface area contributed by atoms with Crippen molar-refractivity contribution in [3.05, 3.63) is 11.9 Å². The van der Waals surface area contributed by atoms with Crippen molar-refractivity contribution in [1.29, 1.82) is 0 Å². The van der Waals surface area contributed by atoms with Crippen LogP contribution in [0.5, 0.6) is 0 Å². The molecular weight excluding hydrogens is 236 g/mol. The smallest absolute Gasteiger partial charge is 0.134 e. The summed E-state index contributed by atoms with van der Waals surface area (Å²) in [5.74, 6) is 2.57. The molecule has 1 heterocycles. The molecule has 4 nitrogen and oxygen atoms in total. The first-order valence-electron chi connectivity index (χ1n) is 7.11. The average Bonchev–Trinajstić information content (AvgIpc) is 2.72. The van der Waals surface area contributed by atoms with Crippen LogP contribution in [0.4, 0.5) is 11.6 Å². The van der Waals surface area contributed by atoms with Gasteiger partial charge in [-0.2, -0.15) is 0 Å². The van der Waals surface area contributed by atoms with Crippen molar-refractivity contribution in [3.8, 4) is 0 Å². The van der Waals surface area contributed by atoms with E-state index in [4.69, 9.17) is 0 Å². The first-order chi connectivity index (χ1) is 8.82. The van der Waals surface area contributed by atoms with Gasteiger partial charge in [0.1, 0.15) is 18.0 Å². The lowest BCUT2D eigenvalue weighted by atomic mass is 10.0. The van der Waals surface area contributed by atoms with E-state index in [0.717, 1.165) is 30.3 Å². The molecule has 1 aromatic rings. The molecule has 1 fully saturated rings. The van der Waals surface area contributed by atoms with Gasteiger partial charge in [0.2, 0.25) is 0 Å². The van der Waals surface area contributed by atoms with Crippen molar-refractivity contribution >= 4 is 11.6 Å². The fourth-order valence-corrected chi connectivity index (χ4v) is 3.02. The highest BCUT2D eigenvalue weighted by molar-refractivity contribution is 5.56. The summed E-state index contributed by atoms with van der Waals surface area (Å²) in [5.41, 5.74) is 1.91. The van der Waals surface area contributed by atoms with Gasteiger partial charge in [0.25, 0.3) is 0 Å². The Hall–Kier alpha value is -1.32. The highest BCUT2D eigenvalue weighted by Crippen LogP contribution is 2.68. The zero-order valence-electron chi connectivity index (χ0n) is 13.0. The second-order valence-corrected chi connectivity index (χ2v) is 6.60. The third-order valence-electron chi connectivity index (χ3n) is 5.22. The van der Waals surface area contributed by atoms with Crippen LogP contribution < -0.4 is 10.6 Å². The number of anilines is 2. The Balaban J connectivity index is 2.03. The maximum Gasteiger partial charge on any atom is 0.134 e. The summed E-state index contributed by atoms with van der Waals surface area (Å²) in [5, 5.41) is 6.75. The summed E-state index contributed by atoms with van der Waals surface area (Å²) in [7, 11) is 0. The van der Waals surface area contributed by atoms with Crippen LogP contribution in [0, 0.1) is 23.7 Å². The van der Waals surface area contributed by atoms with Gasteiger partial charge in [-0.1, -0.05) is 27.7 Å². The summed E-state index contributed by atoms with van der Waals surface area (Å²) >= 11 is 0. The number of nitrogens with one attached hydrogen (secondary N) is 2. The van der Waals surface area contributed by atoms with E-state index in [1.54, 1.807) is 6.33 Å². The van der Waals surface area contributed by atoms with Gasteiger partial charge in [0.05, 0.1) is 0 Å². The molecule has 0 saturated heterocycles. The minimum Gasteiger partial charge on any atom is -0.370 e. The van der Waals surface area contributed by atoms with E-state index < -0.39 is 0 Å². The molecule has 0 unspecified atom stereocenters. The molecular formula is C15H26N4. The van der Waals surface area contributed by atoms with Crippen LogP contribution in [0.1, 0.15) is 40.2 Å². The van der Waals surface area contributed by atoms with Gasteiger partial charge < -0.3 is 10.6 Å². The number of nitrogens with zero attached hydrogens (tertiary/aromatic N) is 2.